The zero-order chi connectivity index (χ0) is 18.4. The smallest absolute Gasteiger partial charge is 0.223 e. The Morgan fingerprint density at radius 1 is 1.33 bits per heavy atom. The number of rotatable bonds is 4. The average Bonchev–Trinajstić information content (AvgIpc) is 3.35. The Morgan fingerprint density at radius 3 is 3.00 bits per heavy atom. The van der Waals surface area contributed by atoms with Crippen LogP contribution in [-0.2, 0) is 9.53 Å². The molecule has 1 amide bonds. The summed E-state index contributed by atoms with van der Waals surface area (Å²) in [6.07, 6.45) is 12.3. The number of hydrogen-bond acceptors (Lipinski definition) is 4. The topological polar surface area (TPSA) is 54.5 Å². The van der Waals surface area contributed by atoms with E-state index in [2.05, 4.69) is 28.2 Å². The van der Waals surface area contributed by atoms with Gasteiger partial charge in [0.2, 0.25) is 5.91 Å². The summed E-state index contributed by atoms with van der Waals surface area (Å²) in [5, 5.41) is 3.31. The highest BCUT2D eigenvalue weighted by molar-refractivity contribution is 5.78. The lowest BCUT2D eigenvalue weighted by atomic mass is 9.73. The van der Waals surface area contributed by atoms with Gasteiger partial charge in [-0.1, -0.05) is 19.3 Å². The van der Waals surface area contributed by atoms with Crippen molar-refractivity contribution < 1.29 is 9.53 Å². The first-order valence-corrected chi connectivity index (χ1v) is 10.8. The van der Waals surface area contributed by atoms with E-state index in [1.165, 1.54) is 30.5 Å². The SMILES string of the molecule is Cc1cnccc1N1C[C@@H]2[C@H](CNC(=O)C3CCCCC3)[C@H]3CC[C@]2(C1)O3. The standard InChI is InChI=1S/C22H31N3O2/c1-15-11-23-10-8-19(15)25-13-18-17(20-7-9-22(18,14-25)27-20)12-24-21(26)16-5-3-2-4-6-16/h8,10-11,16-18,20H,2-7,9,12-14H2,1H3,(H,24,26)/t17-,18+,20+,22+/m0/s1. The molecule has 4 aliphatic rings. The number of hydrogen-bond donors (Lipinski definition) is 1. The van der Waals surface area contributed by atoms with Gasteiger partial charge in [0.1, 0.15) is 0 Å². The van der Waals surface area contributed by atoms with Crippen molar-refractivity contribution in [2.45, 2.75) is 63.6 Å². The summed E-state index contributed by atoms with van der Waals surface area (Å²) in [6, 6.07) is 2.12. The van der Waals surface area contributed by atoms with E-state index >= 15 is 0 Å². The molecular formula is C22H31N3O2. The zero-order valence-corrected chi connectivity index (χ0v) is 16.3. The van der Waals surface area contributed by atoms with Crippen LogP contribution in [0, 0.1) is 24.7 Å². The second-order valence-electron chi connectivity index (χ2n) is 9.15. The predicted octanol–water partition coefficient (Wildman–Crippen LogP) is 3.07. The number of aryl methyl sites for hydroxylation is 1. The molecule has 1 aliphatic carbocycles. The van der Waals surface area contributed by atoms with Crippen molar-refractivity contribution in [2.75, 3.05) is 24.5 Å². The van der Waals surface area contributed by atoms with Crippen LogP contribution in [0.4, 0.5) is 5.69 Å². The lowest BCUT2D eigenvalue weighted by molar-refractivity contribution is -0.126. The maximum atomic E-state index is 12.6. The highest BCUT2D eigenvalue weighted by Crippen LogP contribution is 2.55. The van der Waals surface area contributed by atoms with Crippen molar-refractivity contribution in [1.29, 1.82) is 0 Å². The Balaban J connectivity index is 1.27. The molecule has 1 spiro atoms. The van der Waals surface area contributed by atoms with Gasteiger partial charge in [-0.25, -0.2) is 0 Å². The number of ether oxygens (including phenoxy) is 1. The van der Waals surface area contributed by atoms with Crippen molar-refractivity contribution >= 4 is 11.6 Å². The van der Waals surface area contributed by atoms with Gasteiger partial charge in [-0.05, 0) is 44.2 Å². The Hall–Kier alpha value is -1.62. The number of nitrogens with one attached hydrogen (secondary N) is 1. The summed E-state index contributed by atoms with van der Waals surface area (Å²) < 4.78 is 6.56. The summed E-state index contributed by atoms with van der Waals surface area (Å²) in [4.78, 5) is 19.3. The summed E-state index contributed by atoms with van der Waals surface area (Å²) in [5.74, 6) is 1.51. The molecule has 5 heteroatoms. The van der Waals surface area contributed by atoms with Crippen LogP contribution < -0.4 is 10.2 Å². The molecule has 4 fully saturated rings. The fraction of sp³-hybridized carbons (Fsp3) is 0.727. The summed E-state index contributed by atoms with van der Waals surface area (Å²) in [6.45, 7) is 4.93. The molecule has 27 heavy (non-hydrogen) atoms. The number of anilines is 1. The van der Waals surface area contributed by atoms with Gasteiger partial charge in [0.25, 0.3) is 0 Å². The van der Waals surface area contributed by atoms with Crippen LogP contribution in [0.25, 0.3) is 0 Å². The zero-order valence-electron chi connectivity index (χ0n) is 16.3. The predicted molar refractivity (Wildman–Crippen MR) is 105 cm³/mol. The van der Waals surface area contributed by atoms with E-state index in [1.807, 2.05) is 12.4 Å². The maximum Gasteiger partial charge on any atom is 0.223 e. The minimum Gasteiger partial charge on any atom is -0.369 e. The van der Waals surface area contributed by atoms with Crippen molar-refractivity contribution in [1.82, 2.24) is 10.3 Å². The molecule has 0 aromatic carbocycles. The second kappa shape index (κ2) is 6.77. The highest BCUT2D eigenvalue weighted by atomic mass is 16.5. The lowest BCUT2D eigenvalue weighted by Gasteiger charge is -2.30. The minimum absolute atomic E-state index is 0.000605. The largest absolute Gasteiger partial charge is 0.369 e. The maximum absolute atomic E-state index is 12.6. The van der Waals surface area contributed by atoms with E-state index in [0.717, 1.165) is 45.3 Å². The van der Waals surface area contributed by atoms with Gasteiger partial charge in [0, 0.05) is 55.5 Å². The fourth-order valence-electron chi connectivity index (χ4n) is 6.20. The number of carbonyl (C=O) groups is 1. The number of amides is 1. The number of pyridine rings is 1. The Kier molecular flexibility index (Phi) is 4.38. The van der Waals surface area contributed by atoms with Crippen LogP contribution in [0.5, 0.6) is 0 Å². The van der Waals surface area contributed by atoms with Crippen LogP contribution in [0.1, 0.15) is 50.5 Å². The molecule has 1 saturated carbocycles. The van der Waals surface area contributed by atoms with Crippen LogP contribution in [-0.4, -0.2) is 42.2 Å². The quantitative estimate of drug-likeness (QED) is 0.886. The van der Waals surface area contributed by atoms with Gasteiger partial charge in [0.05, 0.1) is 11.7 Å². The van der Waals surface area contributed by atoms with Crippen LogP contribution in [0.15, 0.2) is 18.5 Å². The number of aromatic nitrogens is 1. The molecule has 1 aromatic heterocycles. The molecule has 4 atom stereocenters. The van der Waals surface area contributed by atoms with E-state index in [1.54, 1.807) is 0 Å². The average molecular weight is 370 g/mol. The second-order valence-corrected chi connectivity index (χ2v) is 9.15. The molecule has 5 nitrogen and oxygen atoms in total. The van der Waals surface area contributed by atoms with Crippen LogP contribution in [0.2, 0.25) is 0 Å². The molecule has 146 valence electrons. The van der Waals surface area contributed by atoms with Crippen molar-refractivity contribution in [2.24, 2.45) is 17.8 Å². The Morgan fingerprint density at radius 2 is 2.19 bits per heavy atom. The minimum atomic E-state index is 0.000605. The Bertz CT molecular complexity index is 717. The number of carbonyl (C=O) groups excluding carboxylic acids is 1. The van der Waals surface area contributed by atoms with E-state index in [4.69, 9.17) is 4.74 Å². The molecule has 4 heterocycles. The Labute approximate surface area is 161 Å². The van der Waals surface area contributed by atoms with Gasteiger partial charge in [-0.2, -0.15) is 0 Å². The summed E-state index contributed by atoms with van der Waals surface area (Å²) in [7, 11) is 0. The first-order valence-electron chi connectivity index (χ1n) is 10.8. The molecular weight excluding hydrogens is 338 g/mol. The third-order valence-electron chi connectivity index (χ3n) is 7.60. The third kappa shape index (κ3) is 2.95. The van der Waals surface area contributed by atoms with Crippen molar-refractivity contribution in [3.05, 3.63) is 24.0 Å². The molecule has 3 saturated heterocycles. The van der Waals surface area contributed by atoms with Gasteiger partial charge >= 0.3 is 0 Å². The fourth-order valence-corrected chi connectivity index (χ4v) is 6.20. The first-order chi connectivity index (χ1) is 13.2. The van der Waals surface area contributed by atoms with E-state index in [0.29, 0.717) is 17.9 Å². The number of fused-ring (bicyclic) bond motifs is 1. The summed E-state index contributed by atoms with van der Waals surface area (Å²) >= 11 is 0. The van der Waals surface area contributed by atoms with Gasteiger partial charge < -0.3 is 15.0 Å². The molecule has 1 aromatic rings. The van der Waals surface area contributed by atoms with Crippen molar-refractivity contribution in [3.8, 4) is 0 Å². The van der Waals surface area contributed by atoms with Gasteiger partial charge in [-0.15, -0.1) is 0 Å². The van der Waals surface area contributed by atoms with Crippen LogP contribution in [0.3, 0.4) is 0 Å². The monoisotopic (exact) mass is 369 g/mol. The van der Waals surface area contributed by atoms with E-state index in [9.17, 15) is 4.79 Å². The first kappa shape index (κ1) is 17.5. The number of nitrogens with zero attached hydrogens (tertiary/aromatic N) is 2. The van der Waals surface area contributed by atoms with Crippen molar-refractivity contribution in [3.63, 3.8) is 0 Å². The van der Waals surface area contributed by atoms with E-state index in [-0.39, 0.29) is 17.4 Å². The third-order valence-corrected chi connectivity index (χ3v) is 7.60. The van der Waals surface area contributed by atoms with Gasteiger partial charge in [0.15, 0.2) is 0 Å². The normalized spacial score (nSPS) is 35.4. The molecule has 1 N–H and O–H groups in total. The molecule has 3 aliphatic heterocycles. The molecule has 0 radical (unpaired) electrons. The molecule has 5 rings (SSSR count). The van der Waals surface area contributed by atoms with E-state index < -0.39 is 0 Å². The van der Waals surface area contributed by atoms with Gasteiger partial charge in [-0.3, -0.25) is 9.78 Å². The van der Waals surface area contributed by atoms with Crippen LogP contribution >= 0.6 is 0 Å². The molecule has 2 bridgehead atoms. The molecule has 0 unspecified atom stereocenters. The highest BCUT2D eigenvalue weighted by Gasteiger charge is 2.63. The lowest BCUT2D eigenvalue weighted by Crippen LogP contribution is -2.43. The summed E-state index contributed by atoms with van der Waals surface area (Å²) in [5.41, 5.74) is 2.51.